The molecule has 2 saturated carbocycles. The summed E-state index contributed by atoms with van der Waals surface area (Å²) < 4.78 is 3.43. The van der Waals surface area contributed by atoms with Gasteiger partial charge in [0.15, 0.2) is 0 Å². The van der Waals surface area contributed by atoms with Crippen LogP contribution < -0.4 is 41.9 Å². The van der Waals surface area contributed by atoms with Gasteiger partial charge >= 0.3 is 11.6 Å². The summed E-state index contributed by atoms with van der Waals surface area (Å²) in [4.78, 5) is 49.9. The van der Waals surface area contributed by atoms with E-state index in [4.69, 9.17) is 37.1 Å². The Morgan fingerprint density at radius 2 is 1.77 bits per heavy atom. The lowest BCUT2D eigenvalue weighted by atomic mass is 9.57. The molecule has 1 saturated heterocycles. The van der Waals surface area contributed by atoms with Crippen LogP contribution in [0.5, 0.6) is 0 Å². The molecule has 0 unspecified atom stereocenters. The molecule has 3 amide bonds. The highest BCUT2D eigenvalue weighted by Crippen LogP contribution is 2.45. The van der Waals surface area contributed by atoms with Gasteiger partial charge < -0.3 is 42.1 Å². The largest absolute Gasteiger partial charge is 0.393 e. The average molecular weight is 761 g/mol. The second kappa shape index (κ2) is 16.3. The van der Waals surface area contributed by atoms with Crippen molar-refractivity contribution in [3.05, 3.63) is 83.0 Å². The maximum absolute atomic E-state index is 13.1. The second-order valence-corrected chi connectivity index (χ2v) is 14.5. The fourth-order valence-corrected chi connectivity index (χ4v) is 6.94. The standard InChI is InChI=1S/C37H45B2N11O4.C2H6/c1-5-46(2)36(53)28-10-7-11-30(50(28)54-4)37(38,39)48-18-23(19-48)49-29-20-47(3)33-24(25(29)17-42-49)8-6-9-26(33)44-27(32(41)35(52)43-22-14-15-22)16-31(40)45-34(51)21-12-13-21;1-2/h6-11,16-17,21-23,41H,5,12-15,18-20H2,1-4H3,(H5,40,43,44,45,51,52,53);1-2H3/p+1. The first-order valence-corrected chi connectivity index (χ1v) is 19.3. The van der Waals surface area contributed by atoms with E-state index in [-0.39, 0.29) is 47.0 Å². The number of carbonyl (C=O) groups is 3. The Balaban J connectivity index is 0.00000262. The van der Waals surface area contributed by atoms with E-state index in [1.54, 1.807) is 30.1 Å². The fraction of sp³-hybridized carbons (Fsp3) is 0.462. The van der Waals surface area contributed by atoms with Crippen molar-refractivity contribution in [1.82, 2.24) is 30.2 Å². The normalized spacial score (nSPS) is 17.2. The third kappa shape index (κ3) is 7.95. The summed E-state index contributed by atoms with van der Waals surface area (Å²) in [6.45, 7) is 7.99. The van der Waals surface area contributed by atoms with Crippen molar-refractivity contribution in [2.45, 2.75) is 70.4 Å². The monoisotopic (exact) mass is 760 g/mol. The van der Waals surface area contributed by atoms with Crippen LogP contribution in [-0.2, 0) is 21.5 Å². The van der Waals surface area contributed by atoms with Gasteiger partial charge in [-0.3, -0.25) is 23.9 Å². The zero-order valence-corrected chi connectivity index (χ0v) is 33.1. The summed E-state index contributed by atoms with van der Waals surface area (Å²) in [5.41, 5.74) is 18.2. The number of hydrogen-bond donors (Lipinski definition) is 5. The van der Waals surface area contributed by atoms with Crippen LogP contribution in [0.3, 0.4) is 0 Å². The molecule has 7 rings (SSSR count). The number of aromatic nitrogens is 3. The molecule has 4 aliphatic rings. The highest BCUT2D eigenvalue weighted by molar-refractivity contribution is 6.39. The zero-order chi connectivity index (χ0) is 40.5. The van der Waals surface area contributed by atoms with E-state index in [1.807, 2.05) is 61.8 Å². The molecule has 56 heavy (non-hydrogen) atoms. The van der Waals surface area contributed by atoms with Crippen LogP contribution >= 0.6 is 0 Å². The molecule has 4 heterocycles. The number of likely N-dealkylation sites (tertiary alicyclic amines) is 1. The molecule has 7 N–H and O–H groups in total. The Bertz CT molecular complexity index is 2050. The predicted molar refractivity (Wildman–Crippen MR) is 216 cm³/mol. The van der Waals surface area contributed by atoms with E-state index in [1.165, 1.54) is 17.9 Å². The van der Waals surface area contributed by atoms with Crippen molar-refractivity contribution in [1.29, 1.82) is 0 Å². The second-order valence-electron chi connectivity index (χ2n) is 14.5. The number of para-hydroxylation sites is 1. The number of allylic oxidation sites excluding steroid dienone is 1. The molecule has 0 spiro atoms. The first kappa shape index (κ1) is 40.2. The number of nitrogens with one attached hydrogen (secondary N) is 3. The molecule has 2 aliphatic carbocycles. The minimum atomic E-state index is -1.44. The SMILES string of the molecule is CC.[B]C([B])(c1cccc(C(=O)N(C)CC)[n+]1OC)N1CC(n2ncc3c2CN(C)c2c(NC(/C=C(\N)NC(=O)C4CC4)=C(/N)C(=O)NC4CC4)cccc2-3)C1. The maximum Gasteiger partial charge on any atom is 0.323 e. The topological polar surface area (TPSA) is 180 Å². The first-order chi connectivity index (χ1) is 26.8. The highest BCUT2D eigenvalue weighted by Gasteiger charge is 2.46. The molecule has 292 valence electrons. The van der Waals surface area contributed by atoms with Crippen molar-refractivity contribution in [3.8, 4) is 11.1 Å². The van der Waals surface area contributed by atoms with E-state index in [0.29, 0.717) is 43.3 Å². The number of nitrogens with zero attached hydrogens (tertiary/aromatic N) is 6. The molecule has 4 radical (unpaired) electrons. The van der Waals surface area contributed by atoms with E-state index in [9.17, 15) is 14.4 Å². The summed E-state index contributed by atoms with van der Waals surface area (Å²) in [5.74, 6) is -0.719. The van der Waals surface area contributed by atoms with Crippen LogP contribution in [0, 0.1) is 5.92 Å². The number of hydrogen-bond acceptors (Lipinski definition) is 10. The van der Waals surface area contributed by atoms with E-state index >= 15 is 0 Å². The Morgan fingerprint density at radius 1 is 1.07 bits per heavy atom. The molecule has 0 bridgehead atoms. The van der Waals surface area contributed by atoms with Gasteiger partial charge in [0.1, 0.15) is 18.6 Å². The molecule has 2 aromatic heterocycles. The number of carbonyl (C=O) groups excluding carboxylic acids is 3. The first-order valence-electron chi connectivity index (χ1n) is 19.3. The van der Waals surface area contributed by atoms with Crippen molar-refractivity contribution in [2.75, 3.05) is 51.1 Å². The van der Waals surface area contributed by atoms with Gasteiger partial charge in [-0.2, -0.15) is 5.10 Å². The number of amides is 3. The molecule has 1 aromatic carbocycles. The zero-order valence-electron chi connectivity index (χ0n) is 33.1. The van der Waals surface area contributed by atoms with Crippen molar-refractivity contribution < 1.29 is 24.0 Å². The lowest BCUT2D eigenvalue weighted by molar-refractivity contribution is -0.893. The summed E-state index contributed by atoms with van der Waals surface area (Å²) in [7, 11) is 18.8. The molecule has 2 aliphatic heterocycles. The van der Waals surface area contributed by atoms with E-state index < -0.39 is 11.2 Å². The number of fused-ring (bicyclic) bond motifs is 3. The molecular weight excluding hydrogens is 708 g/mol. The fourth-order valence-electron chi connectivity index (χ4n) is 6.94. The average Bonchev–Trinajstić information content (AvgIpc) is 4.12. The van der Waals surface area contributed by atoms with E-state index in [2.05, 4.69) is 20.9 Å². The van der Waals surface area contributed by atoms with Gasteiger partial charge in [0.05, 0.1) is 57.2 Å². The molecule has 3 aromatic rings. The number of benzene rings is 1. The summed E-state index contributed by atoms with van der Waals surface area (Å²) in [5, 5.41) is 12.4. The number of anilines is 2. The number of pyridine rings is 1. The smallest absolute Gasteiger partial charge is 0.323 e. The van der Waals surface area contributed by atoms with Crippen LogP contribution in [0.15, 0.2) is 65.9 Å². The van der Waals surface area contributed by atoms with Crippen LogP contribution in [0.4, 0.5) is 11.4 Å². The Kier molecular flexibility index (Phi) is 11.7. The van der Waals surface area contributed by atoms with Crippen molar-refractivity contribution >= 4 is 44.8 Å². The summed E-state index contributed by atoms with van der Waals surface area (Å²) in [6.07, 6.45) is 6.83. The van der Waals surface area contributed by atoms with Gasteiger partial charge in [0.2, 0.25) is 11.6 Å². The van der Waals surface area contributed by atoms with Gasteiger partial charge in [-0.25, -0.2) is 0 Å². The lowest BCUT2D eigenvalue weighted by Gasteiger charge is -2.48. The summed E-state index contributed by atoms with van der Waals surface area (Å²) in [6, 6.07) is 11.1. The van der Waals surface area contributed by atoms with Crippen molar-refractivity contribution in [3.63, 3.8) is 0 Å². The van der Waals surface area contributed by atoms with Crippen LogP contribution in [0.1, 0.15) is 74.4 Å². The molecule has 17 heteroatoms. The number of nitrogens with two attached hydrogens (primary N) is 2. The Hall–Kier alpha value is -5.44. The van der Waals surface area contributed by atoms with Gasteiger partial charge in [-0.1, -0.05) is 26.0 Å². The molecule has 15 nitrogen and oxygen atoms in total. The minimum Gasteiger partial charge on any atom is -0.393 e. The third-order valence-corrected chi connectivity index (χ3v) is 10.5. The Labute approximate surface area is 331 Å². The van der Waals surface area contributed by atoms with Crippen molar-refractivity contribution in [2.24, 2.45) is 17.4 Å². The predicted octanol–water partition coefficient (Wildman–Crippen LogP) is 1.16. The quantitative estimate of drug-likeness (QED) is 0.0735. The minimum absolute atomic E-state index is 0.0122. The third-order valence-electron chi connectivity index (χ3n) is 10.5. The molecular formula is C39H52B2N11O4+. The van der Waals surface area contributed by atoms with E-state index in [0.717, 1.165) is 48.2 Å². The molecule has 0 atom stereocenters. The van der Waals surface area contributed by atoms with Gasteiger partial charge in [0.25, 0.3) is 5.91 Å². The number of rotatable bonds is 13. The maximum atomic E-state index is 13.1. The van der Waals surface area contributed by atoms with Crippen LogP contribution in [0.2, 0.25) is 0 Å². The van der Waals surface area contributed by atoms with Gasteiger partial charge in [-0.15, -0.1) is 0 Å². The van der Waals surface area contributed by atoms with Crippen LogP contribution in [-0.4, -0.2) is 99.9 Å². The van der Waals surface area contributed by atoms with Crippen LogP contribution in [0.25, 0.3) is 11.1 Å². The molecule has 3 fully saturated rings. The summed E-state index contributed by atoms with van der Waals surface area (Å²) >= 11 is 0. The lowest BCUT2D eigenvalue weighted by Crippen LogP contribution is -2.65. The van der Waals surface area contributed by atoms with Gasteiger partial charge in [0, 0.05) is 85.1 Å². The Morgan fingerprint density at radius 3 is 2.41 bits per heavy atom. The highest BCUT2D eigenvalue weighted by atomic mass is 16.6. The van der Waals surface area contributed by atoms with Gasteiger partial charge in [-0.05, 0) is 44.7 Å².